The molecule has 1 amide bonds. The molecule has 2 aromatic heterocycles. The van der Waals surface area contributed by atoms with Crippen molar-refractivity contribution >= 4 is 22.2 Å². The van der Waals surface area contributed by atoms with Crippen LogP contribution in [0, 0.1) is 5.82 Å². The molecule has 0 aliphatic heterocycles. The van der Waals surface area contributed by atoms with E-state index in [4.69, 9.17) is 0 Å². The average Bonchev–Trinajstić information content (AvgIpc) is 3.24. The molecule has 0 bridgehead atoms. The fraction of sp³-hybridized carbons (Fsp3) is 0.0800. The van der Waals surface area contributed by atoms with Crippen molar-refractivity contribution in [2.45, 2.75) is 13.0 Å². The van der Waals surface area contributed by atoms with Gasteiger partial charge in [-0.3, -0.25) is 9.59 Å². The van der Waals surface area contributed by atoms with E-state index in [0.717, 1.165) is 21.9 Å². The van der Waals surface area contributed by atoms with E-state index in [1.807, 2.05) is 42.5 Å². The Bertz CT molecular complexity index is 1520. The lowest BCUT2D eigenvalue weighted by molar-refractivity contribution is 0.0934. The molecule has 32 heavy (non-hydrogen) atoms. The standard InChI is InChI=1S/C25H19FN4O2/c1-15(16-8-10-20(26)11-9-16)27-24(31)21-13-23-25(32)28-22(14-30(23)29-21)19-7-6-17-4-2-3-5-18(17)12-19/h2-15H,1H3,(H,27,31)(H,28,32)/t15-/m0/s1. The monoisotopic (exact) mass is 426 g/mol. The summed E-state index contributed by atoms with van der Waals surface area (Å²) in [6.45, 7) is 1.80. The van der Waals surface area contributed by atoms with Gasteiger partial charge in [-0.05, 0) is 41.5 Å². The number of rotatable bonds is 4. The van der Waals surface area contributed by atoms with Crippen LogP contribution >= 0.6 is 0 Å². The zero-order valence-corrected chi connectivity index (χ0v) is 17.2. The summed E-state index contributed by atoms with van der Waals surface area (Å²) in [7, 11) is 0. The minimum Gasteiger partial charge on any atom is -0.344 e. The highest BCUT2D eigenvalue weighted by atomic mass is 19.1. The van der Waals surface area contributed by atoms with Gasteiger partial charge in [-0.2, -0.15) is 5.10 Å². The number of benzene rings is 3. The molecule has 0 unspecified atom stereocenters. The highest BCUT2D eigenvalue weighted by Crippen LogP contribution is 2.22. The average molecular weight is 426 g/mol. The lowest BCUT2D eigenvalue weighted by atomic mass is 10.1. The Balaban J connectivity index is 1.45. The van der Waals surface area contributed by atoms with Crippen molar-refractivity contribution < 1.29 is 9.18 Å². The zero-order valence-electron chi connectivity index (χ0n) is 17.2. The Morgan fingerprint density at radius 1 is 1.03 bits per heavy atom. The van der Waals surface area contributed by atoms with E-state index < -0.39 is 5.91 Å². The lowest BCUT2D eigenvalue weighted by Crippen LogP contribution is -2.27. The molecule has 5 rings (SSSR count). The van der Waals surface area contributed by atoms with Crippen LogP contribution in [0.15, 0.2) is 83.8 Å². The quantitative estimate of drug-likeness (QED) is 0.445. The maximum atomic E-state index is 13.1. The van der Waals surface area contributed by atoms with E-state index in [0.29, 0.717) is 5.69 Å². The van der Waals surface area contributed by atoms with Crippen molar-refractivity contribution in [2.75, 3.05) is 0 Å². The first kappa shape index (κ1) is 19.7. The van der Waals surface area contributed by atoms with Crippen molar-refractivity contribution in [3.63, 3.8) is 0 Å². The van der Waals surface area contributed by atoms with Crippen LogP contribution in [0.25, 0.3) is 27.5 Å². The molecule has 1 atom stereocenters. The number of H-pyrrole nitrogens is 1. The number of hydrogen-bond donors (Lipinski definition) is 2. The lowest BCUT2D eigenvalue weighted by Gasteiger charge is -2.13. The predicted octanol–water partition coefficient (Wildman–Crippen LogP) is 4.47. The van der Waals surface area contributed by atoms with Crippen molar-refractivity contribution in [2.24, 2.45) is 0 Å². The summed E-state index contributed by atoms with van der Waals surface area (Å²) in [4.78, 5) is 28.2. The van der Waals surface area contributed by atoms with Crippen LogP contribution in [0.4, 0.5) is 4.39 Å². The molecule has 3 aromatic carbocycles. The molecule has 2 N–H and O–H groups in total. The summed E-state index contributed by atoms with van der Waals surface area (Å²) in [5, 5.41) is 9.30. The van der Waals surface area contributed by atoms with Gasteiger partial charge in [-0.1, -0.05) is 48.5 Å². The van der Waals surface area contributed by atoms with Gasteiger partial charge >= 0.3 is 0 Å². The SMILES string of the molecule is C[C@H](NC(=O)c1cc2c(=O)[nH]c(-c3ccc4ccccc4c3)cn2n1)c1ccc(F)cc1. The number of aromatic amines is 1. The van der Waals surface area contributed by atoms with E-state index in [9.17, 15) is 14.0 Å². The van der Waals surface area contributed by atoms with Gasteiger partial charge in [0.1, 0.15) is 11.3 Å². The molecular weight excluding hydrogens is 407 g/mol. The fourth-order valence-corrected chi connectivity index (χ4v) is 3.72. The summed E-state index contributed by atoms with van der Waals surface area (Å²) in [6.07, 6.45) is 1.70. The Morgan fingerprint density at radius 3 is 2.56 bits per heavy atom. The third-order valence-electron chi connectivity index (χ3n) is 5.48. The van der Waals surface area contributed by atoms with E-state index in [1.54, 1.807) is 25.3 Å². The Kier molecular flexibility index (Phi) is 4.78. The smallest absolute Gasteiger partial charge is 0.274 e. The normalized spacial score (nSPS) is 12.2. The van der Waals surface area contributed by atoms with Gasteiger partial charge in [0.25, 0.3) is 11.5 Å². The van der Waals surface area contributed by atoms with Crippen LogP contribution in [-0.2, 0) is 0 Å². The number of halogens is 1. The van der Waals surface area contributed by atoms with Gasteiger partial charge in [0.05, 0.1) is 17.9 Å². The molecule has 5 aromatic rings. The first-order valence-corrected chi connectivity index (χ1v) is 10.2. The van der Waals surface area contributed by atoms with Gasteiger partial charge in [-0.15, -0.1) is 0 Å². The second-order valence-electron chi connectivity index (χ2n) is 7.66. The highest BCUT2D eigenvalue weighted by Gasteiger charge is 2.17. The molecule has 0 aliphatic rings. The van der Waals surface area contributed by atoms with Crippen molar-refractivity contribution in [3.05, 3.63) is 106 Å². The molecule has 0 radical (unpaired) electrons. The minimum atomic E-state index is -0.419. The van der Waals surface area contributed by atoms with Crippen LogP contribution in [0.2, 0.25) is 0 Å². The maximum Gasteiger partial charge on any atom is 0.274 e. The molecule has 0 saturated heterocycles. The molecule has 0 spiro atoms. The largest absolute Gasteiger partial charge is 0.344 e. The van der Waals surface area contributed by atoms with E-state index in [1.165, 1.54) is 22.7 Å². The third-order valence-corrected chi connectivity index (χ3v) is 5.48. The third kappa shape index (κ3) is 3.65. The first-order valence-electron chi connectivity index (χ1n) is 10.2. The van der Waals surface area contributed by atoms with E-state index in [-0.39, 0.29) is 28.6 Å². The fourth-order valence-electron chi connectivity index (χ4n) is 3.72. The van der Waals surface area contributed by atoms with Crippen LogP contribution in [0.1, 0.15) is 29.0 Å². The number of aromatic nitrogens is 3. The Labute approximate surface area is 182 Å². The predicted molar refractivity (Wildman–Crippen MR) is 121 cm³/mol. The molecule has 0 fully saturated rings. The van der Waals surface area contributed by atoms with Gasteiger partial charge in [0.2, 0.25) is 0 Å². The van der Waals surface area contributed by atoms with Gasteiger partial charge < -0.3 is 10.3 Å². The van der Waals surface area contributed by atoms with Crippen molar-refractivity contribution in [1.82, 2.24) is 19.9 Å². The molecule has 6 nitrogen and oxygen atoms in total. The van der Waals surface area contributed by atoms with Crippen LogP contribution in [0.5, 0.6) is 0 Å². The van der Waals surface area contributed by atoms with Crippen LogP contribution < -0.4 is 10.9 Å². The number of nitrogens with zero attached hydrogens (tertiary/aromatic N) is 2. The summed E-state index contributed by atoms with van der Waals surface area (Å²) in [5.41, 5.74) is 2.26. The van der Waals surface area contributed by atoms with Crippen LogP contribution in [-0.4, -0.2) is 20.5 Å². The molecule has 158 valence electrons. The van der Waals surface area contributed by atoms with Gasteiger partial charge in [0.15, 0.2) is 5.69 Å². The highest BCUT2D eigenvalue weighted by molar-refractivity contribution is 5.94. The molecule has 0 saturated carbocycles. The zero-order chi connectivity index (χ0) is 22.2. The van der Waals surface area contributed by atoms with E-state index >= 15 is 0 Å². The number of amides is 1. The Morgan fingerprint density at radius 2 is 1.78 bits per heavy atom. The molecule has 7 heteroatoms. The minimum absolute atomic E-state index is 0.125. The van der Waals surface area contributed by atoms with E-state index in [2.05, 4.69) is 15.4 Å². The summed E-state index contributed by atoms with van der Waals surface area (Å²) < 4.78 is 14.6. The molecule has 0 aliphatic carbocycles. The van der Waals surface area contributed by atoms with Crippen molar-refractivity contribution in [3.8, 4) is 11.3 Å². The topological polar surface area (TPSA) is 79.3 Å². The number of carbonyl (C=O) groups excluding carboxylic acids is 1. The summed E-state index contributed by atoms with van der Waals surface area (Å²) in [5.74, 6) is -0.758. The first-order chi connectivity index (χ1) is 15.5. The number of hydrogen-bond acceptors (Lipinski definition) is 3. The second-order valence-corrected chi connectivity index (χ2v) is 7.66. The summed E-state index contributed by atoms with van der Waals surface area (Å²) in [6, 6.07) is 20.9. The van der Waals surface area contributed by atoms with Crippen LogP contribution in [0.3, 0.4) is 0 Å². The molecule has 2 heterocycles. The Hall–Kier alpha value is -4.26. The molecular formula is C25H19FN4O2. The number of fused-ring (bicyclic) bond motifs is 2. The van der Waals surface area contributed by atoms with Gasteiger partial charge in [-0.25, -0.2) is 8.91 Å². The van der Waals surface area contributed by atoms with Crippen molar-refractivity contribution in [1.29, 1.82) is 0 Å². The maximum absolute atomic E-state index is 13.1. The summed E-state index contributed by atoms with van der Waals surface area (Å²) >= 11 is 0. The number of nitrogens with one attached hydrogen (secondary N) is 2. The second kappa shape index (κ2) is 7.77. The number of carbonyl (C=O) groups is 1. The van der Waals surface area contributed by atoms with Gasteiger partial charge in [0, 0.05) is 11.6 Å².